The minimum atomic E-state index is -2.46. The van der Waals surface area contributed by atoms with E-state index in [0.29, 0.717) is 42.7 Å². The fraction of sp³-hybridized carbons (Fsp3) is 0.364. The molecular formula is C22H24F2N6O3. The number of pyridine rings is 2. The SMILES string of the molecule is NC(=O)c1cccnc1O[C@H]1CC[C@H](NC(=O)c2cnc3cc(NCC(F)F)ccn23)CC1. The van der Waals surface area contributed by atoms with Crippen LogP contribution in [0.4, 0.5) is 14.5 Å². The minimum Gasteiger partial charge on any atom is -0.474 e. The van der Waals surface area contributed by atoms with Crippen molar-refractivity contribution in [2.24, 2.45) is 5.73 Å². The summed E-state index contributed by atoms with van der Waals surface area (Å²) in [6, 6.07) is 6.40. The average Bonchev–Trinajstić information content (AvgIpc) is 3.22. The van der Waals surface area contributed by atoms with Gasteiger partial charge in [0.15, 0.2) is 0 Å². The van der Waals surface area contributed by atoms with E-state index in [1.807, 2.05) is 0 Å². The first-order valence-corrected chi connectivity index (χ1v) is 10.6. The van der Waals surface area contributed by atoms with Gasteiger partial charge in [0.05, 0.1) is 12.7 Å². The molecule has 0 spiro atoms. The number of halogens is 2. The number of imidazole rings is 1. The number of hydrogen-bond acceptors (Lipinski definition) is 6. The van der Waals surface area contributed by atoms with Crippen LogP contribution in [-0.2, 0) is 0 Å². The molecule has 11 heteroatoms. The Morgan fingerprint density at radius 1 is 1.21 bits per heavy atom. The molecule has 0 unspecified atom stereocenters. The van der Waals surface area contributed by atoms with Gasteiger partial charge in [-0.2, -0.15) is 0 Å². The van der Waals surface area contributed by atoms with Gasteiger partial charge in [0, 0.05) is 30.2 Å². The molecule has 3 aromatic heterocycles. The molecule has 3 aromatic rings. The third-order valence-electron chi connectivity index (χ3n) is 5.53. The van der Waals surface area contributed by atoms with Crippen LogP contribution in [0, 0.1) is 0 Å². The van der Waals surface area contributed by atoms with Crippen molar-refractivity contribution in [3.63, 3.8) is 0 Å². The second-order valence-electron chi connectivity index (χ2n) is 7.84. The van der Waals surface area contributed by atoms with Gasteiger partial charge in [-0.15, -0.1) is 0 Å². The molecule has 0 atom stereocenters. The van der Waals surface area contributed by atoms with E-state index in [1.165, 1.54) is 6.20 Å². The van der Waals surface area contributed by atoms with Crippen molar-refractivity contribution in [2.45, 2.75) is 44.3 Å². The molecule has 1 aliphatic carbocycles. The van der Waals surface area contributed by atoms with Gasteiger partial charge in [-0.1, -0.05) is 0 Å². The van der Waals surface area contributed by atoms with Crippen LogP contribution < -0.4 is 21.1 Å². The van der Waals surface area contributed by atoms with Crippen LogP contribution in [0.15, 0.2) is 42.9 Å². The quantitative estimate of drug-likeness (QED) is 0.477. The number of nitrogens with zero attached hydrogens (tertiary/aromatic N) is 3. The van der Waals surface area contributed by atoms with Crippen molar-refractivity contribution >= 4 is 23.1 Å². The second kappa shape index (κ2) is 9.80. The molecule has 0 aromatic carbocycles. The van der Waals surface area contributed by atoms with Gasteiger partial charge in [0.1, 0.15) is 23.0 Å². The number of primary amides is 1. The van der Waals surface area contributed by atoms with Crippen molar-refractivity contribution < 1.29 is 23.1 Å². The number of nitrogens with two attached hydrogens (primary N) is 1. The summed E-state index contributed by atoms with van der Waals surface area (Å²) < 4.78 is 32.3. The molecule has 2 amide bonds. The highest BCUT2D eigenvalue weighted by Gasteiger charge is 2.26. The fourth-order valence-corrected chi connectivity index (χ4v) is 3.87. The highest BCUT2D eigenvalue weighted by Crippen LogP contribution is 2.25. The highest BCUT2D eigenvalue weighted by atomic mass is 19.3. The normalized spacial score (nSPS) is 18.3. The topological polar surface area (TPSA) is 124 Å². The van der Waals surface area contributed by atoms with Crippen LogP contribution in [0.5, 0.6) is 5.88 Å². The second-order valence-corrected chi connectivity index (χ2v) is 7.84. The lowest BCUT2D eigenvalue weighted by atomic mass is 9.93. The Kier molecular flexibility index (Phi) is 6.66. The fourth-order valence-electron chi connectivity index (χ4n) is 3.87. The number of alkyl halides is 2. The maximum absolute atomic E-state index is 12.8. The Balaban J connectivity index is 1.33. The zero-order valence-corrected chi connectivity index (χ0v) is 17.7. The van der Waals surface area contributed by atoms with Gasteiger partial charge in [0.25, 0.3) is 18.2 Å². The number of nitrogens with one attached hydrogen (secondary N) is 2. The molecule has 0 saturated heterocycles. The third kappa shape index (κ3) is 5.36. The number of hydrogen-bond donors (Lipinski definition) is 3. The van der Waals surface area contributed by atoms with Crippen molar-refractivity contribution in [3.05, 3.63) is 54.1 Å². The lowest BCUT2D eigenvalue weighted by molar-refractivity contribution is 0.0876. The molecule has 3 heterocycles. The molecule has 4 N–H and O–H groups in total. The lowest BCUT2D eigenvalue weighted by Crippen LogP contribution is -2.40. The molecule has 1 fully saturated rings. The maximum atomic E-state index is 12.8. The summed E-state index contributed by atoms with van der Waals surface area (Å²) in [7, 11) is 0. The van der Waals surface area contributed by atoms with Crippen LogP contribution in [-0.4, -0.2) is 51.3 Å². The molecule has 0 bridgehead atoms. The zero-order valence-electron chi connectivity index (χ0n) is 17.7. The summed E-state index contributed by atoms with van der Waals surface area (Å²) in [6.45, 7) is -0.458. The molecular weight excluding hydrogens is 434 g/mol. The predicted molar refractivity (Wildman–Crippen MR) is 117 cm³/mol. The van der Waals surface area contributed by atoms with Gasteiger partial charge >= 0.3 is 0 Å². The Hall–Kier alpha value is -3.76. The van der Waals surface area contributed by atoms with E-state index in [-0.39, 0.29) is 29.5 Å². The van der Waals surface area contributed by atoms with E-state index in [9.17, 15) is 18.4 Å². The van der Waals surface area contributed by atoms with Crippen LogP contribution in [0.1, 0.15) is 46.5 Å². The predicted octanol–water partition coefficient (Wildman–Crippen LogP) is 2.63. The van der Waals surface area contributed by atoms with Crippen LogP contribution in [0.25, 0.3) is 5.65 Å². The Labute approximate surface area is 188 Å². The molecule has 174 valence electrons. The number of ether oxygens (including phenoxy) is 1. The molecule has 4 rings (SSSR count). The summed E-state index contributed by atoms with van der Waals surface area (Å²) in [4.78, 5) is 32.7. The van der Waals surface area contributed by atoms with Gasteiger partial charge in [-0.05, 0) is 43.9 Å². The van der Waals surface area contributed by atoms with E-state index >= 15 is 0 Å². The van der Waals surface area contributed by atoms with E-state index in [4.69, 9.17) is 10.5 Å². The van der Waals surface area contributed by atoms with Crippen molar-refractivity contribution in [1.82, 2.24) is 19.7 Å². The maximum Gasteiger partial charge on any atom is 0.270 e. The summed E-state index contributed by atoms with van der Waals surface area (Å²) in [5, 5.41) is 5.65. The lowest BCUT2D eigenvalue weighted by Gasteiger charge is -2.29. The first-order valence-electron chi connectivity index (χ1n) is 10.6. The van der Waals surface area contributed by atoms with Crippen molar-refractivity contribution in [3.8, 4) is 5.88 Å². The number of carbonyl (C=O) groups excluding carboxylic acids is 2. The van der Waals surface area contributed by atoms with Crippen LogP contribution in [0.3, 0.4) is 0 Å². The van der Waals surface area contributed by atoms with Gasteiger partial charge in [-0.25, -0.2) is 18.7 Å². The monoisotopic (exact) mass is 458 g/mol. The first kappa shape index (κ1) is 22.4. The Morgan fingerprint density at radius 2 is 2.00 bits per heavy atom. The molecule has 1 aliphatic rings. The summed E-state index contributed by atoms with van der Waals surface area (Å²) >= 11 is 0. The van der Waals surface area contributed by atoms with Crippen LogP contribution in [0.2, 0.25) is 0 Å². The first-order chi connectivity index (χ1) is 15.9. The molecule has 0 aliphatic heterocycles. The van der Waals surface area contributed by atoms with Gasteiger partial charge in [0.2, 0.25) is 5.88 Å². The smallest absolute Gasteiger partial charge is 0.270 e. The summed E-state index contributed by atoms with van der Waals surface area (Å²) in [5.41, 5.74) is 6.97. The number of fused-ring (bicyclic) bond motifs is 1. The van der Waals surface area contributed by atoms with E-state index in [0.717, 1.165) is 0 Å². The average molecular weight is 458 g/mol. The summed E-state index contributed by atoms with van der Waals surface area (Å²) in [6.07, 6.45) is 4.82. The Bertz CT molecular complexity index is 1140. The van der Waals surface area contributed by atoms with Gasteiger partial charge in [-0.3, -0.25) is 14.0 Å². The van der Waals surface area contributed by atoms with Crippen molar-refractivity contribution in [2.75, 3.05) is 11.9 Å². The van der Waals surface area contributed by atoms with E-state index in [1.54, 1.807) is 41.1 Å². The highest BCUT2D eigenvalue weighted by molar-refractivity contribution is 5.95. The van der Waals surface area contributed by atoms with Crippen LogP contribution >= 0.6 is 0 Å². The number of aromatic nitrogens is 3. The summed E-state index contributed by atoms with van der Waals surface area (Å²) in [5.74, 6) is -0.629. The van der Waals surface area contributed by atoms with Crippen molar-refractivity contribution in [1.29, 1.82) is 0 Å². The standard InChI is InChI=1S/C22H24F2N6O3/c23-18(24)12-27-14-7-9-30-17(11-28-19(30)10-14)21(32)29-13-3-5-15(6-4-13)33-22-16(20(25)31)2-1-8-26-22/h1-2,7-11,13,15,18,27H,3-6,12H2,(H2,25,31)(H,29,32)/t13-,15-. The molecule has 1 saturated carbocycles. The Morgan fingerprint density at radius 3 is 2.73 bits per heavy atom. The zero-order chi connectivity index (χ0) is 23.4. The van der Waals surface area contributed by atoms with Gasteiger partial charge < -0.3 is 21.1 Å². The minimum absolute atomic E-state index is 0.0331. The largest absolute Gasteiger partial charge is 0.474 e. The van der Waals surface area contributed by atoms with E-state index in [2.05, 4.69) is 20.6 Å². The molecule has 33 heavy (non-hydrogen) atoms. The molecule has 0 radical (unpaired) electrons. The number of carbonyl (C=O) groups is 2. The third-order valence-corrected chi connectivity index (χ3v) is 5.53. The number of anilines is 1. The number of rotatable bonds is 8. The number of amides is 2. The van der Waals surface area contributed by atoms with E-state index < -0.39 is 18.9 Å². The molecule has 9 nitrogen and oxygen atoms in total.